The molecule has 42 heavy (non-hydrogen) atoms. The molecule has 4 aromatic carbocycles. The molecule has 0 saturated heterocycles. The first-order valence-corrected chi connectivity index (χ1v) is 34.6. The summed E-state index contributed by atoms with van der Waals surface area (Å²) in [7, 11) is 0. The molecule has 6 rings (SSSR count). The van der Waals surface area contributed by atoms with Crippen molar-refractivity contribution >= 4 is 43.9 Å². The Morgan fingerprint density at radius 1 is 0.524 bits per heavy atom. The maximum absolute atomic E-state index is 3.81. The number of allylic oxidation sites excluding steroid dienone is 2. The van der Waals surface area contributed by atoms with Gasteiger partial charge in [-0.05, 0) is 0 Å². The normalized spacial score (nSPS) is 17.6. The quantitative estimate of drug-likeness (QED) is 0.171. The summed E-state index contributed by atoms with van der Waals surface area (Å²) in [6.45, 7) is 12.1. The van der Waals surface area contributed by atoms with Crippen molar-refractivity contribution in [2.75, 3.05) is 0 Å². The van der Waals surface area contributed by atoms with Gasteiger partial charge in [-0.15, -0.1) is 24.8 Å². The molecule has 4 aromatic rings. The van der Waals surface area contributed by atoms with Crippen LogP contribution in [0.2, 0.25) is 9.36 Å². The molecule has 0 heterocycles. The third-order valence-electron chi connectivity index (χ3n) is 9.59. The standard InChI is InChI=1S/2C18H17.2CH3.2ClH.Hf.H2Si/c2*1-13(2)16-11-15-9-6-10-17(18(15)12-16)14-7-4-3-5-8-14;;;;;;/h2*3-13H,1-2H3;2*1H3;2*1H;;1H2. The van der Waals surface area contributed by atoms with Gasteiger partial charge in [-0.2, -0.15) is 0 Å². The summed E-state index contributed by atoms with van der Waals surface area (Å²) in [5.41, 5.74) is 14.8. The van der Waals surface area contributed by atoms with Gasteiger partial charge in [0.15, 0.2) is 0 Å². The van der Waals surface area contributed by atoms with Crippen molar-refractivity contribution in [3.05, 3.63) is 130 Å². The Kier molecular flexibility index (Phi) is 9.56. The van der Waals surface area contributed by atoms with E-state index in [-0.39, 0.29) is 24.8 Å². The second-order valence-corrected chi connectivity index (χ2v) is 57.3. The minimum absolute atomic E-state index is 0. The van der Waals surface area contributed by atoms with E-state index in [4.69, 9.17) is 0 Å². The van der Waals surface area contributed by atoms with Crippen molar-refractivity contribution in [1.82, 2.24) is 0 Å². The molecule has 0 saturated carbocycles. The molecule has 0 nitrogen and oxygen atoms in total. The average Bonchev–Trinajstić information content (AvgIpc) is 3.55. The topological polar surface area (TPSA) is 0 Å². The molecule has 2 aliphatic carbocycles. The maximum atomic E-state index is 2.78. The van der Waals surface area contributed by atoms with Gasteiger partial charge in [0.1, 0.15) is 0 Å². The van der Waals surface area contributed by atoms with E-state index in [0.717, 1.165) is 0 Å². The van der Waals surface area contributed by atoms with Crippen LogP contribution in [0.1, 0.15) is 57.3 Å². The molecule has 4 heteroatoms. The van der Waals surface area contributed by atoms with E-state index >= 15 is 0 Å². The van der Waals surface area contributed by atoms with E-state index in [0.29, 0.717) is 19.2 Å². The van der Waals surface area contributed by atoms with Crippen LogP contribution in [0, 0.1) is 11.8 Å². The monoisotopic (exact) mass is 778 g/mol. The number of rotatable bonds is 6. The van der Waals surface area contributed by atoms with Crippen LogP contribution in [-0.2, 0) is 17.1 Å². The van der Waals surface area contributed by atoms with Gasteiger partial charge in [-0.1, -0.05) is 0 Å². The molecule has 2 unspecified atom stereocenters. The van der Waals surface area contributed by atoms with Crippen LogP contribution in [0.5, 0.6) is 0 Å². The van der Waals surface area contributed by atoms with Gasteiger partial charge in [0.05, 0.1) is 0 Å². The molecule has 2 atom stereocenters. The van der Waals surface area contributed by atoms with Gasteiger partial charge < -0.3 is 0 Å². The molecule has 0 amide bonds. The zero-order valence-corrected chi connectivity index (χ0v) is 32.4. The Morgan fingerprint density at radius 2 is 0.881 bits per heavy atom. The Bertz CT molecular complexity index is 1600. The Hall–Kier alpha value is -1.97. The second-order valence-electron chi connectivity index (χ2n) is 13.7. The molecule has 0 bridgehead atoms. The molecule has 0 aliphatic heterocycles. The number of halogens is 2. The number of hydrogen-bond donors (Lipinski definition) is 0. The van der Waals surface area contributed by atoms with Crippen LogP contribution in [0.25, 0.3) is 34.4 Å². The second kappa shape index (κ2) is 12.2. The minimum atomic E-state index is -3.81. The molecule has 0 aromatic heterocycles. The van der Waals surface area contributed by atoms with Crippen molar-refractivity contribution < 1.29 is 17.1 Å². The van der Waals surface area contributed by atoms with Crippen LogP contribution in [0.4, 0.5) is 0 Å². The van der Waals surface area contributed by atoms with E-state index in [1.165, 1.54) is 33.4 Å². The van der Waals surface area contributed by atoms with Crippen molar-refractivity contribution in [3.8, 4) is 22.3 Å². The molecule has 2 aliphatic rings. The first-order chi connectivity index (χ1) is 19.1. The molecule has 0 spiro atoms. The van der Waals surface area contributed by atoms with Crippen molar-refractivity contribution in [2.45, 2.75) is 44.4 Å². The summed E-state index contributed by atoms with van der Waals surface area (Å²) in [5.74, 6) is 1.04. The number of fused-ring (bicyclic) bond motifs is 2. The van der Waals surface area contributed by atoms with E-state index in [2.05, 4.69) is 153 Å². The predicted octanol–water partition coefficient (Wildman–Crippen LogP) is 11.1. The van der Waals surface area contributed by atoms with Crippen LogP contribution in [-0.4, -0.2) is 6.94 Å². The Morgan fingerprint density at radius 3 is 1.21 bits per heavy atom. The molecule has 0 fully saturated rings. The third kappa shape index (κ3) is 5.43. The van der Waals surface area contributed by atoms with Gasteiger partial charge in [-0.3, -0.25) is 0 Å². The molecule has 218 valence electrons. The first-order valence-electron chi connectivity index (χ1n) is 14.9. The first kappa shape index (κ1) is 32.9. The summed E-state index contributed by atoms with van der Waals surface area (Å²) in [4.78, 5) is 0. The Labute approximate surface area is 268 Å². The summed E-state index contributed by atoms with van der Waals surface area (Å²) < 4.78 is 6.64. The van der Waals surface area contributed by atoms with Crippen molar-refractivity contribution in [3.63, 3.8) is 0 Å². The van der Waals surface area contributed by atoms with Gasteiger partial charge >= 0.3 is 245 Å². The Balaban J connectivity index is 0.00000202. The van der Waals surface area contributed by atoms with Gasteiger partial charge in [0.2, 0.25) is 0 Å². The fourth-order valence-corrected chi connectivity index (χ4v) is 36.5. The van der Waals surface area contributed by atoms with Crippen LogP contribution < -0.4 is 0 Å². The molecule has 0 radical (unpaired) electrons. The summed E-state index contributed by atoms with van der Waals surface area (Å²) in [5, 5.41) is 0. The number of hydrogen-bond acceptors (Lipinski definition) is 0. The van der Waals surface area contributed by atoms with Gasteiger partial charge in [0.25, 0.3) is 0 Å². The van der Waals surface area contributed by atoms with E-state index in [1.807, 2.05) is 0 Å². The van der Waals surface area contributed by atoms with Gasteiger partial charge in [-0.25, -0.2) is 0 Å². The minimum Gasteiger partial charge on any atom is -0.147 e. The fraction of sp³-hybridized carbons (Fsp3) is 0.263. The SMILES string of the molecule is CC(C)C1=Cc2c(-c3ccccc3)cccc2[CH]1[Hf]([CH3])([CH3])(=[SiH2])[CH]1C(C(C)C)=Cc2c(-c3ccccc3)cccc21.Cl.Cl. The largest absolute Gasteiger partial charge is 0.147 e. The van der Waals surface area contributed by atoms with E-state index < -0.39 is 17.1 Å². The zero-order chi connectivity index (χ0) is 28.3. The summed E-state index contributed by atoms with van der Waals surface area (Å²) in [6, 6.07) is 36.2. The molecular weight excluding hydrogens is 734 g/mol. The smallest absolute Gasteiger partial charge is 0.147 e. The molecule has 0 N–H and O–H groups in total. The number of benzene rings is 4. The van der Waals surface area contributed by atoms with Crippen molar-refractivity contribution in [1.29, 1.82) is 0 Å². The maximum Gasteiger partial charge on any atom is -0.147 e. The van der Waals surface area contributed by atoms with Crippen LogP contribution in [0.15, 0.2) is 108 Å². The average molecular weight is 778 g/mol. The predicted molar refractivity (Wildman–Crippen MR) is 190 cm³/mol. The van der Waals surface area contributed by atoms with E-state index in [9.17, 15) is 0 Å². The van der Waals surface area contributed by atoms with Crippen LogP contribution in [0.3, 0.4) is 0 Å². The van der Waals surface area contributed by atoms with Gasteiger partial charge in [0, 0.05) is 0 Å². The third-order valence-corrected chi connectivity index (χ3v) is 34.5. The zero-order valence-electron chi connectivity index (χ0n) is 25.7. The van der Waals surface area contributed by atoms with E-state index in [1.54, 1.807) is 22.3 Å². The fourth-order valence-electron chi connectivity index (χ4n) is 7.87. The summed E-state index contributed by atoms with van der Waals surface area (Å²) in [6.07, 6.45) is 5.19. The van der Waals surface area contributed by atoms with Crippen molar-refractivity contribution in [2.24, 2.45) is 11.8 Å². The molecular formula is C38H44Cl2HfSi. The summed E-state index contributed by atoms with van der Waals surface area (Å²) >= 11 is -3.81. The van der Waals surface area contributed by atoms with Crippen LogP contribution >= 0.6 is 24.8 Å².